The Hall–Kier alpha value is -3.29. The molecule has 0 unspecified atom stereocenters. The highest BCUT2D eigenvalue weighted by Crippen LogP contribution is 2.41. The average molecular weight is 946 g/mol. The number of benzene rings is 3. The van der Waals surface area contributed by atoms with Crippen molar-refractivity contribution in [3.8, 4) is 17.2 Å². The molecule has 5 rings (SSSR count). The van der Waals surface area contributed by atoms with Gasteiger partial charge in [-0.3, -0.25) is 19.5 Å². The summed E-state index contributed by atoms with van der Waals surface area (Å²) in [5.74, 6) is 1.02. The maximum absolute atomic E-state index is 14.2. The predicted octanol–water partition coefficient (Wildman–Crippen LogP) is 6.27. The molecule has 244 valence electrons. The quantitative estimate of drug-likeness (QED) is 0.0787. The number of halogens is 3. The van der Waals surface area contributed by atoms with Gasteiger partial charge in [0.05, 0.1) is 54.7 Å². The number of ether oxygens (including phenoxy) is 4. The van der Waals surface area contributed by atoms with Gasteiger partial charge in [0.1, 0.15) is 12.4 Å². The standard InChI is InChI=1S/C32H26BrI2N3O8S/c1-5-45-31(40)27-16(2)36-32-37(28(27)20-13-24(43-3)25(44-4)14-21(20)33)30(39)26(47-32)12-18-10-22(34)29(23(35)11-18)46-15-17-6-8-19(9-7-17)38(41)42/h6-14,28H,5,15H2,1-4H3/b26-12-/t28-/m0/s1. The Morgan fingerprint density at radius 2 is 1.74 bits per heavy atom. The number of non-ortho nitro benzene ring substituents is 1. The minimum absolute atomic E-state index is 0.0162. The van der Waals surface area contributed by atoms with Gasteiger partial charge in [0.15, 0.2) is 16.3 Å². The molecule has 47 heavy (non-hydrogen) atoms. The number of allylic oxidation sites excluding steroid dienone is 1. The molecule has 1 aliphatic heterocycles. The molecular weight excluding hydrogens is 920 g/mol. The fraction of sp³-hybridized carbons (Fsp3) is 0.219. The number of carbonyl (C=O) groups is 1. The van der Waals surface area contributed by atoms with E-state index in [1.54, 1.807) is 44.2 Å². The molecular formula is C32H26BrI2N3O8S. The number of nitrogens with zero attached hydrogens (tertiary/aromatic N) is 3. The number of methoxy groups -OCH3 is 2. The van der Waals surface area contributed by atoms with Gasteiger partial charge in [0.2, 0.25) is 0 Å². The molecule has 0 saturated carbocycles. The second-order valence-corrected chi connectivity index (χ2v) is 14.2. The van der Waals surface area contributed by atoms with Crippen LogP contribution in [0.5, 0.6) is 17.2 Å². The second-order valence-electron chi connectivity index (χ2n) is 10.1. The number of hydrogen-bond donors (Lipinski definition) is 0. The topological polar surface area (TPSA) is 131 Å². The highest BCUT2D eigenvalue weighted by atomic mass is 127. The molecule has 1 aliphatic rings. The molecule has 1 aromatic heterocycles. The van der Waals surface area contributed by atoms with Crippen LogP contribution in [0.4, 0.5) is 5.69 Å². The minimum Gasteiger partial charge on any atom is -0.493 e. The van der Waals surface area contributed by atoms with E-state index in [1.807, 2.05) is 12.1 Å². The van der Waals surface area contributed by atoms with E-state index in [4.69, 9.17) is 18.9 Å². The predicted molar refractivity (Wildman–Crippen MR) is 197 cm³/mol. The summed E-state index contributed by atoms with van der Waals surface area (Å²) in [6, 6.07) is 12.6. The fourth-order valence-electron chi connectivity index (χ4n) is 4.99. The molecule has 2 heterocycles. The zero-order valence-corrected chi connectivity index (χ0v) is 32.1. The summed E-state index contributed by atoms with van der Waals surface area (Å²) >= 11 is 9.20. The monoisotopic (exact) mass is 945 g/mol. The molecule has 0 fully saturated rings. The Kier molecular flexibility index (Phi) is 11.1. The van der Waals surface area contributed by atoms with Gasteiger partial charge in [0.25, 0.3) is 11.2 Å². The normalized spacial score (nSPS) is 14.4. The van der Waals surface area contributed by atoms with Crippen molar-refractivity contribution in [2.45, 2.75) is 26.5 Å². The van der Waals surface area contributed by atoms with Gasteiger partial charge in [-0.1, -0.05) is 27.3 Å². The maximum atomic E-state index is 14.2. The van der Waals surface area contributed by atoms with Gasteiger partial charge in [0, 0.05) is 16.6 Å². The lowest BCUT2D eigenvalue weighted by atomic mass is 9.95. The first kappa shape index (κ1) is 35.0. The average Bonchev–Trinajstić information content (AvgIpc) is 3.33. The SMILES string of the molecule is CCOC(=O)C1=C(C)N=c2s/c(=C\c3cc(I)c(OCc4ccc([N+](=O)[O-])cc4)c(I)c3)c(=O)n2[C@H]1c1cc(OC)c(OC)cc1Br. The number of nitro benzene ring substituents is 1. The van der Waals surface area contributed by atoms with Crippen LogP contribution < -0.4 is 29.1 Å². The van der Waals surface area contributed by atoms with E-state index in [9.17, 15) is 19.7 Å². The summed E-state index contributed by atoms with van der Waals surface area (Å²) in [5, 5.41) is 11.0. The van der Waals surface area contributed by atoms with E-state index >= 15 is 0 Å². The van der Waals surface area contributed by atoms with Gasteiger partial charge in [-0.15, -0.1) is 0 Å². The van der Waals surface area contributed by atoms with Gasteiger partial charge in [-0.05, 0) is 118 Å². The number of carbonyl (C=O) groups excluding carboxylic acids is 1. The summed E-state index contributed by atoms with van der Waals surface area (Å²) in [7, 11) is 3.05. The second kappa shape index (κ2) is 14.9. The Morgan fingerprint density at radius 3 is 2.34 bits per heavy atom. The van der Waals surface area contributed by atoms with Crippen molar-refractivity contribution in [3.05, 3.63) is 118 Å². The van der Waals surface area contributed by atoms with E-state index in [2.05, 4.69) is 66.1 Å². The van der Waals surface area contributed by atoms with Crippen molar-refractivity contribution in [1.29, 1.82) is 0 Å². The van der Waals surface area contributed by atoms with Crippen molar-refractivity contribution in [2.75, 3.05) is 20.8 Å². The fourth-order valence-corrected chi connectivity index (χ4v) is 8.70. The number of esters is 1. The van der Waals surface area contributed by atoms with Crippen LogP contribution in [-0.4, -0.2) is 36.3 Å². The molecule has 0 N–H and O–H groups in total. The lowest BCUT2D eigenvalue weighted by molar-refractivity contribution is -0.384. The van der Waals surface area contributed by atoms with E-state index in [0.29, 0.717) is 42.3 Å². The summed E-state index contributed by atoms with van der Waals surface area (Å²) < 4.78 is 26.7. The molecule has 4 aromatic rings. The highest BCUT2D eigenvalue weighted by Gasteiger charge is 2.35. The maximum Gasteiger partial charge on any atom is 0.338 e. The Morgan fingerprint density at radius 1 is 1.11 bits per heavy atom. The molecule has 15 heteroatoms. The number of nitro groups is 1. The van der Waals surface area contributed by atoms with Crippen LogP contribution in [0.3, 0.4) is 0 Å². The molecule has 3 aromatic carbocycles. The Balaban J connectivity index is 1.56. The van der Waals surface area contributed by atoms with Crippen LogP contribution >= 0.6 is 72.4 Å². The van der Waals surface area contributed by atoms with Gasteiger partial charge in [-0.2, -0.15) is 0 Å². The van der Waals surface area contributed by atoms with Crippen molar-refractivity contribution < 1.29 is 28.7 Å². The first-order chi connectivity index (χ1) is 22.5. The summed E-state index contributed by atoms with van der Waals surface area (Å²) in [5.41, 5.74) is 2.56. The van der Waals surface area contributed by atoms with Crippen LogP contribution in [0.2, 0.25) is 0 Å². The first-order valence-electron chi connectivity index (χ1n) is 13.9. The molecule has 11 nitrogen and oxygen atoms in total. The zero-order chi connectivity index (χ0) is 34.0. The number of fused-ring (bicyclic) bond motifs is 1. The van der Waals surface area contributed by atoms with Crippen LogP contribution in [0.25, 0.3) is 6.08 Å². The number of rotatable bonds is 10. The number of hydrogen-bond acceptors (Lipinski definition) is 10. The first-order valence-corrected chi connectivity index (χ1v) is 17.7. The Labute approximate surface area is 308 Å². The molecule has 0 spiro atoms. The summed E-state index contributed by atoms with van der Waals surface area (Å²) in [4.78, 5) is 43.1. The third-order valence-corrected chi connectivity index (χ3v) is 10.4. The van der Waals surface area contributed by atoms with E-state index in [1.165, 1.54) is 42.3 Å². The Bertz CT molecular complexity index is 2090. The van der Waals surface area contributed by atoms with Crippen molar-refractivity contribution in [3.63, 3.8) is 0 Å². The summed E-state index contributed by atoms with van der Waals surface area (Å²) in [6.45, 7) is 3.84. The van der Waals surface area contributed by atoms with Crippen LogP contribution in [0.1, 0.15) is 36.6 Å². The van der Waals surface area contributed by atoms with E-state index < -0.39 is 16.9 Å². The van der Waals surface area contributed by atoms with Gasteiger partial charge >= 0.3 is 5.97 Å². The number of thiazole rings is 1. The van der Waals surface area contributed by atoms with Gasteiger partial charge in [-0.25, -0.2) is 9.79 Å². The van der Waals surface area contributed by atoms with Crippen LogP contribution in [0.15, 0.2) is 74.1 Å². The largest absolute Gasteiger partial charge is 0.493 e. The smallest absolute Gasteiger partial charge is 0.338 e. The lowest BCUT2D eigenvalue weighted by Gasteiger charge is -2.26. The molecule has 1 atom stereocenters. The molecule has 0 bridgehead atoms. The van der Waals surface area contributed by atoms with Crippen LogP contribution in [-0.2, 0) is 16.1 Å². The highest BCUT2D eigenvalue weighted by molar-refractivity contribution is 14.1. The van der Waals surface area contributed by atoms with E-state index in [0.717, 1.165) is 18.3 Å². The van der Waals surface area contributed by atoms with Crippen LogP contribution in [0, 0.1) is 17.3 Å². The van der Waals surface area contributed by atoms with Gasteiger partial charge < -0.3 is 18.9 Å². The van der Waals surface area contributed by atoms with E-state index in [-0.39, 0.29) is 30.0 Å². The summed E-state index contributed by atoms with van der Waals surface area (Å²) in [6.07, 6.45) is 1.79. The molecule has 0 aliphatic carbocycles. The third kappa shape index (κ3) is 7.26. The number of aromatic nitrogens is 1. The lowest BCUT2D eigenvalue weighted by Crippen LogP contribution is -2.40. The van der Waals surface area contributed by atoms with Crippen molar-refractivity contribution >= 4 is 90.2 Å². The third-order valence-electron chi connectivity index (χ3n) is 7.16. The van der Waals surface area contributed by atoms with Crippen molar-refractivity contribution in [2.24, 2.45) is 4.99 Å². The molecule has 0 amide bonds. The minimum atomic E-state index is -0.850. The molecule has 0 saturated heterocycles. The van der Waals surface area contributed by atoms with Crippen molar-refractivity contribution in [1.82, 2.24) is 4.57 Å². The molecule has 0 radical (unpaired) electrons. The zero-order valence-electron chi connectivity index (χ0n) is 25.3.